The molecule has 19 heavy (non-hydrogen) atoms. The van der Waals surface area contributed by atoms with Crippen molar-refractivity contribution in [2.75, 3.05) is 11.1 Å². The Hall–Kier alpha value is -1.62. The van der Waals surface area contributed by atoms with Gasteiger partial charge in [-0.2, -0.15) is 0 Å². The van der Waals surface area contributed by atoms with Gasteiger partial charge in [-0.3, -0.25) is 0 Å². The first kappa shape index (κ1) is 13.8. The predicted molar refractivity (Wildman–Crippen MR) is 81.7 cm³/mol. The van der Waals surface area contributed by atoms with E-state index in [2.05, 4.69) is 49.0 Å². The van der Waals surface area contributed by atoms with E-state index in [1.807, 2.05) is 11.3 Å². The monoisotopic (exact) mass is 276 g/mol. The molecule has 0 radical (unpaired) electrons. The number of rotatable bonds is 4. The highest BCUT2D eigenvalue weighted by atomic mass is 32.1. The molecule has 0 aliphatic carbocycles. The average molecular weight is 276 g/mol. The molecule has 0 amide bonds. The summed E-state index contributed by atoms with van der Waals surface area (Å²) >= 11 is 1.82. The second-order valence-electron chi connectivity index (χ2n) is 4.67. The Morgan fingerprint density at radius 1 is 1.37 bits per heavy atom. The lowest BCUT2D eigenvalue weighted by Gasteiger charge is -2.17. The van der Waals surface area contributed by atoms with Gasteiger partial charge in [-0.05, 0) is 38.8 Å². The SMILES string of the molecule is CCc1c(N)ncnc1NC(C)c1cc(C)sc1C. The number of nitrogen functional groups attached to an aromatic ring is 1. The van der Waals surface area contributed by atoms with Crippen molar-refractivity contribution in [3.63, 3.8) is 0 Å². The second kappa shape index (κ2) is 5.57. The molecule has 0 aliphatic rings. The molecule has 2 aromatic rings. The van der Waals surface area contributed by atoms with Crippen molar-refractivity contribution < 1.29 is 0 Å². The van der Waals surface area contributed by atoms with E-state index in [1.165, 1.54) is 21.6 Å². The van der Waals surface area contributed by atoms with Crippen LogP contribution in [0.2, 0.25) is 0 Å². The summed E-state index contributed by atoms with van der Waals surface area (Å²) in [5.41, 5.74) is 8.20. The number of anilines is 2. The van der Waals surface area contributed by atoms with Crippen LogP contribution in [0.1, 0.15) is 40.8 Å². The molecule has 3 N–H and O–H groups in total. The fraction of sp³-hybridized carbons (Fsp3) is 0.429. The van der Waals surface area contributed by atoms with Gasteiger partial charge in [0, 0.05) is 15.3 Å². The van der Waals surface area contributed by atoms with Crippen LogP contribution in [-0.4, -0.2) is 9.97 Å². The molecular weight excluding hydrogens is 256 g/mol. The van der Waals surface area contributed by atoms with E-state index in [1.54, 1.807) is 0 Å². The molecule has 0 bridgehead atoms. The minimum Gasteiger partial charge on any atom is -0.383 e. The number of nitrogens with zero attached hydrogens (tertiary/aromatic N) is 2. The van der Waals surface area contributed by atoms with E-state index >= 15 is 0 Å². The van der Waals surface area contributed by atoms with E-state index in [0.29, 0.717) is 5.82 Å². The van der Waals surface area contributed by atoms with Crippen LogP contribution in [0.25, 0.3) is 0 Å². The number of hydrogen-bond acceptors (Lipinski definition) is 5. The zero-order valence-electron chi connectivity index (χ0n) is 11.8. The van der Waals surface area contributed by atoms with Crippen LogP contribution in [0, 0.1) is 13.8 Å². The van der Waals surface area contributed by atoms with Gasteiger partial charge in [0.2, 0.25) is 0 Å². The summed E-state index contributed by atoms with van der Waals surface area (Å²) in [6, 6.07) is 2.44. The molecule has 2 heterocycles. The molecule has 4 nitrogen and oxygen atoms in total. The Morgan fingerprint density at radius 3 is 2.68 bits per heavy atom. The van der Waals surface area contributed by atoms with Crippen molar-refractivity contribution in [3.8, 4) is 0 Å². The summed E-state index contributed by atoms with van der Waals surface area (Å²) in [4.78, 5) is 11.0. The third-order valence-corrected chi connectivity index (χ3v) is 4.21. The van der Waals surface area contributed by atoms with E-state index in [9.17, 15) is 0 Å². The standard InChI is InChI=1S/C14H20N4S/c1-5-11-13(15)16-7-17-14(11)18-9(3)12-6-8(2)19-10(12)4/h6-7,9H,5H2,1-4H3,(H3,15,16,17,18). The summed E-state index contributed by atoms with van der Waals surface area (Å²) in [6.07, 6.45) is 2.33. The van der Waals surface area contributed by atoms with Crippen LogP contribution in [0.3, 0.4) is 0 Å². The maximum absolute atomic E-state index is 5.89. The number of nitrogens with one attached hydrogen (secondary N) is 1. The van der Waals surface area contributed by atoms with Crippen molar-refractivity contribution in [2.24, 2.45) is 0 Å². The lowest BCUT2D eigenvalue weighted by molar-refractivity contribution is 0.861. The fourth-order valence-electron chi connectivity index (χ4n) is 2.26. The highest BCUT2D eigenvalue weighted by molar-refractivity contribution is 7.12. The van der Waals surface area contributed by atoms with Crippen molar-refractivity contribution >= 4 is 23.0 Å². The largest absolute Gasteiger partial charge is 0.383 e. The summed E-state index contributed by atoms with van der Waals surface area (Å²) in [6.45, 7) is 8.49. The molecule has 1 atom stereocenters. The van der Waals surface area contributed by atoms with E-state index in [-0.39, 0.29) is 6.04 Å². The molecule has 0 saturated heterocycles. The minimum atomic E-state index is 0.213. The first-order valence-electron chi connectivity index (χ1n) is 6.45. The lowest BCUT2D eigenvalue weighted by Crippen LogP contribution is -2.12. The molecule has 2 aromatic heterocycles. The minimum absolute atomic E-state index is 0.213. The second-order valence-corrected chi connectivity index (χ2v) is 6.13. The van der Waals surface area contributed by atoms with Gasteiger partial charge in [0.25, 0.3) is 0 Å². The van der Waals surface area contributed by atoms with Crippen molar-refractivity contribution in [3.05, 3.63) is 33.3 Å². The van der Waals surface area contributed by atoms with Crippen LogP contribution >= 0.6 is 11.3 Å². The van der Waals surface area contributed by atoms with Crippen LogP contribution in [0.15, 0.2) is 12.4 Å². The van der Waals surface area contributed by atoms with E-state index < -0.39 is 0 Å². The number of aromatic nitrogens is 2. The van der Waals surface area contributed by atoms with Gasteiger partial charge in [-0.1, -0.05) is 6.92 Å². The number of thiophene rings is 1. The van der Waals surface area contributed by atoms with Gasteiger partial charge in [0.1, 0.15) is 18.0 Å². The Balaban J connectivity index is 2.26. The maximum Gasteiger partial charge on any atom is 0.135 e. The zero-order valence-corrected chi connectivity index (χ0v) is 12.6. The average Bonchev–Trinajstić information content (AvgIpc) is 2.69. The molecule has 5 heteroatoms. The summed E-state index contributed by atoms with van der Waals surface area (Å²) in [5.74, 6) is 1.40. The normalized spacial score (nSPS) is 12.4. The third-order valence-electron chi connectivity index (χ3n) is 3.23. The molecular formula is C14H20N4S. The summed E-state index contributed by atoms with van der Waals surface area (Å²) in [5, 5.41) is 3.45. The number of nitrogens with two attached hydrogens (primary N) is 1. The van der Waals surface area contributed by atoms with Crippen molar-refractivity contribution in [1.29, 1.82) is 0 Å². The van der Waals surface area contributed by atoms with E-state index in [4.69, 9.17) is 5.73 Å². The molecule has 102 valence electrons. The van der Waals surface area contributed by atoms with Gasteiger partial charge in [0.15, 0.2) is 0 Å². The van der Waals surface area contributed by atoms with Crippen LogP contribution in [0.4, 0.5) is 11.6 Å². The molecule has 0 saturated carbocycles. The first-order chi connectivity index (χ1) is 9.02. The van der Waals surface area contributed by atoms with Crippen molar-refractivity contribution in [2.45, 2.75) is 40.2 Å². The molecule has 2 rings (SSSR count). The van der Waals surface area contributed by atoms with Gasteiger partial charge in [0.05, 0.1) is 6.04 Å². The van der Waals surface area contributed by atoms with Gasteiger partial charge in [-0.15, -0.1) is 11.3 Å². The molecule has 0 fully saturated rings. The Morgan fingerprint density at radius 2 is 2.11 bits per heavy atom. The topological polar surface area (TPSA) is 63.8 Å². The summed E-state index contributed by atoms with van der Waals surface area (Å²) in [7, 11) is 0. The third kappa shape index (κ3) is 2.87. The smallest absolute Gasteiger partial charge is 0.135 e. The Bertz CT molecular complexity index is 577. The van der Waals surface area contributed by atoms with Crippen molar-refractivity contribution in [1.82, 2.24) is 9.97 Å². The highest BCUT2D eigenvalue weighted by Gasteiger charge is 2.14. The number of aryl methyl sites for hydroxylation is 2. The highest BCUT2D eigenvalue weighted by Crippen LogP contribution is 2.29. The van der Waals surface area contributed by atoms with Crippen LogP contribution < -0.4 is 11.1 Å². The first-order valence-corrected chi connectivity index (χ1v) is 7.27. The van der Waals surface area contributed by atoms with Gasteiger partial charge in [-0.25, -0.2) is 9.97 Å². The quantitative estimate of drug-likeness (QED) is 0.897. The van der Waals surface area contributed by atoms with E-state index in [0.717, 1.165) is 17.8 Å². The lowest BCUT2D eigenvalue weighted by atomic mass is 10.1. The Labute approximate surface area is 118 Å². The molecule has 1 unspecified atom stereocenters. The molecule has 0 aliphatic heterocycles. The van der Waals surface area contributed by atoms with Crippen LogP contribution in [-0.2, 0) is 6.42 Å². The predicted octanol–water partition coefficient (Wildman–Crippen LogP) is 3.47. The number of hydrogen-bond donors (Lipinski definition) is 2. The van der Waals surface area contributed by atoms with Gasteiger partial charge < -0.3 is 11.1 Å². The fourth-order valence-corrected chi connectivity index (χ4v) is 3.28. The Kier molecular flexibility index (Phi) is 4.04. The maximum atomic E-state index is 5.89. The van der Waals surface area contributed by atoms with Crippen LogP contribution in [0.5, 0.6) is 0 Å². The zero-order chi connectivity index (χ0) is 14.0. The van der Waals surface area contributed by atoms with Gasteiger partial charge >= 0.3 is 0 Å². The molecule has 0 aromatic carbocycles. The molecule has 0 spiro atoms. The summed E-state index contributed by atoms with van der Waals surface area (Å²) < 4.78 is 0.